The van der Waals surface area contributed by atoms with Crippen molar-refractivity contribution in [3.05, 3.63) is 50.6 Å². The second-order valence-corrected chi connectivity index (χ2v) is 32.1. The molecular formula is C88H134O28. The molecule has 6 aliphatic rings. The van der Waals surface area contributed by atoms with Crippen LogP contribution in [0.15, 0.2) is 50.6 Å². The maximum Gasteiger partial charge on any atom is 0.352 e. The number of rotatable bonds is 53. The van der Waals surface area contributed by atoms with Gasteiger partial charge in [0.05, 0.1) is 98.6 Å². The molecule has 654 valence electrons. The van der Waals surface area contributed by atoms with Gasteiger partial charge in [0.15, 0.2) is 0 Å². The van der Waals surface area contributed by atoms with E-state index in [1.165, 1.54) is 27.7 Å². The second-order valence-electron chi connectivity index (χ2n) is 32.1. The lowest BCUT2D eigenvalue weighted by Gasteiger charge is -2.37. The Morgan fingerprint density at radius 2 is 0.491 bits per heavy atom. The smallest absolute Gasteiger partial charge is 0.352 e. The topological polar surface area (TPSA) is 353 Å². The fourth-order valence-electron chi connectivity index (χ4n) is 15.7. The van der Waals surface area contributed by atoms with Crippen LogP contribution in [0.2, 0.25) is 0 Å². The predicted molar refractivity (Wildman–Crippen MR) is 422 cm³/mol. The number of carbonyl (C=O) groups is 12. The quantitative estimate of drug-likeness (QED) is 0.0236. The van der Waals surface area contributed by atoms with Crippen molar-refractivity contribution in [1.82, 2.24) is 0 Å². The van der Waals surface area contributed by atoms with Crippen LogP contribution in [-0.4, -0.2) is 198 Å². The summed E-state index contributed by atoms with van der Waals surface area (Å²) in [5.41, 5.74) is 0. The normalized spacial score (nSPS) is 25.2. The van der Waals surface area contributed by atoms with E-state index in [4.69, 9.17) is 75.8 Å². The summed E-state index contributed by atoms with van der Waals surface area (Å²) in [7, 11) is 0. The molecule has 6 rings (SSSR count). The molecule has 0 amide bonds. The molecular weight excluding hydrogens is 1500 g/mol. The number of ether oxygens (including phenoxy) is 16. The Morgan fingerprint density at radius 1 is 0.267 bits per heavy atom. The van der Waals surface area contributed by atoms with Gasteiger partial charge in [-0.25, -0.2) is 28.8 Å². The predicted octanol–water partition coefficient (Wildman–Crippen LogP) is 13.4. The number of hydrogen-bond donors (Lipinski definition) is 0. The van der Waals surface area contributed by atoms with Gasteiger partial charge in [-0.3, -0.25) is 28.8 Å². The van der Waals surface area contributed by atoms with Crippen LogP contribution in [0.5, 0.6) is 0 Å². The SMILES string of the molecule is C=CC(=O)OCCCCCCOC1CCC(C(=O)OC2CCC(OC(=O)C3CCC(OCCCCCCOC(=O)C=C)CC3)C(C(=O)O[C@@H](C(=O)OC(C)C)[C@@H](OC(=O)C3CC(OC(=O)C4CCC(OCCCCCCOC(=O)C=C)CC4)CCC3OC(=O)C3CCC(OCCCCCCOC(=O)C=C)CC3)C(=O)OC(C)C)C2)CC1. The van der Waals surface area contributed by atoms with Crippen LogP contribution in [0.3, 0.4) is 0 Å². The molecule has 0 bridgehead atoms. The maximum atomic E-state index is 15.4. The monoisotopic (exact) mass is 1640 g/mol. The molecule has 6 fully saturated rings. The van der Waals surface area contributed by atoms with Gasteiger partial charge in [0.1, 0.15) is 24.4 Å². The molecule has 8 atom stereocenters. The average Bonchev–Trinajstić information content (AvgIpc) is 0.804. The van der Waals surface area contributed by atoms with E-state index in [9.17, 15) is 47.9 Å². The second kappa shape index (κ2) is 55.2. The maximum absolute atomic E-state index is 15.4. The molecule has 0 aromatic rings. The van der Waals surface area contributed by atoms with Crippen molar-refractivity contribution in [2.75, 3.05) is 52.9 Å². The Bertz CT molecular complexity index is 2860. The van der Waals surface area contributed by atoms with E-state index in [1.54, 1.807) is 0 Å². The summed E-state index contributed by atoms with van der Waals surface area (Å²) in [5, 5.41) is 0. The van der Waals surface area contributed by atoms with Crippen LogP contribution in [-0.2, 0) is 133 Å². The first kappa shape index (κ1) is 97.3. The van der Waals surface area contributed by atoms with Crippen molar-refractivity contribution < 1.29 is 133 Å². The van der Waals surface area contributed by atoms with Gasteiger partial charge in [0, 0.05) is 63.6 Å². The van der Waals surface area contributed by atoms with Crippen molar-refractivity contribution in [2.24, 2.45) is 35.5 Å². The van der Waals surface area contributed by atoms with Crippen LogP contribution in [0.25, 0.3) is 0 Å². The lowest BCUT2D eigenvalue weighted by molar-refractivity contribution is -0.204. The molecule has 0 aromatic heterocycles. The van der Waals surface area contributed by atoms with Crippen molar-refractivity contribution in [3.8, 4) is 0 Å². The van der Waals surface area contributed by atoms with Gasteiger partial charge in [0.25, 0.3) is 0 Å². The zero-order chi connectivity index (χ0) is 84.0. The van der Waals surface area contributed by atoms with Crippen LogP contribution in [0.4, 0.5) is 0 Å². The Hall–Kier alpha value is -7.56. The minimum atomic E-state index is -2.35. The third-order valence-electron chi connectivity index (χ3n) is 22.4. The Morgan fingerprint density at radius 3 is 0.724 bits per heavy atom. The molecule has 0 spiro atoms. The van der Waals surface area contributed by atoms with E-state index >= 15 is 9.59 Å². The summed E-state index contributed by atoms with van der Waals surface area (Å²) in [6, 6.07) is 0. The van der Waals surface area contributed by atoms with Crippen molar-refractivity contribution in [3.63, 3.8) is 0 Å². The summed E-state index contributed by atoms with van der Waals surface area (Å²) in [6.45, 7) is 23.1. The highest BCUT2D eigenvalue weighted by molar-refractivity contribution is 5.91. The lowest BCUT2D eigenvalue weighted by Crippen LogP contribution is -2.52. The summed E-state index contributed by atoms with van der Waals surface area (Å²) < 4.78 is 93.7. The van der Waals surface area contributed by atoms with E-state index in [0.717, 1.165) is 114 Å². The molecule has 0 heterocycles. The minimum absolute atomic E-state index is 0.0219. The van der Waals surface area contributed by atoms with Crippen LogP contribution < -0.4 is 0 Å². The summed E-state index contributed by atoms with van der Waals surface area (Å²) >= 11 is 0. The molecule has 6 aliphatic carbocycles. The fraction of sp³-hybridized carbons (Fsp3) is 0.773. The Kier molecular flexibility index (Phi) is 46.3. The molecule has 0 N–H and O–H groups in total. The first-order chi connectivity index (χ1) is 56.0. The average molecular weight is 1640 g/mol. The summed E-state index contributed by atoms with van der Waals surface area (Å²) in [4.78, 5) is 163. The molecule has 6 saturated carbocycles. The lowest BCUT2D eigenvalue weighted by atomic mass is 9.83. The summed E-state index contributed by atoms with van der Waals surface area (Å²) in [6.07, 6.45) is 15.1. The molecule has 0 aromatic carbocycles. The van der Waals surface area contributed by atoms with E-state index in [2.05, 4.69) is 26.3 Å². The van der Waals surface area contributed by atoms with E-state index in [-0.39, 0.29) is 62.9 Å². The van der Waals surface area contributed by atoms with Crippen LogP contribution >= 0.6 is 0 Å². The molecule has 28 heteroatoms. The van der Waals surface area contributed by atoms with Gasteiger partial charge in [-0.2, -0.15) is 0 Å². The zero-order valence-electron chi connectivity index (χ0n) is 69.5. The number of unbranched alkanes of at least 4 members (excludes halogenated alkanes) is 12. The van der Waals surface area contributed by atoms with Crippen molar-refractivity contribution in [2.45, 2.75) is 345 Å². The van der Waals surface area contributed by atoms with Gasteiger partial charge in [-0.15, -0.1) is 0 Å². The molecule has 116 heavy (non-hydrogen) atoms. The molecule has 28 nitrogen and oxygen atoms in total. The summed E-state index contributed by atoms with van der Waals surface area (Å²) in [5.74, 6) is -13.7. The van der Waals surface area contributed by atoms with Gasteiger partial charge >= 0.3 is 71.6 Å². The van der Waals surface area contributed by atoms with Gasteiger partial charge in [0.2, 0.25) is 12.2 Å². The largest absolute Gasteiger partial charge is 0.463 e. The van der Waals surface area contributed by atoms with Gasteiger partial charge in [-0.1, -0.05) is 52.0 Å². The number of hydrogen-bond acceptors (Lipinski definition) is 28. The highest BCUT2D eigenvalue weighted by Gasteiger charge is 2.51. The Labute approximate surface area is 685 Å². The number of esters is 12. The molecule has 0 aliphatic heterocycles. The first-order valence-corrected chi connectivity index (χ1v) is 43.2. The van der Waals surface area contributed by atoms with Crippen molar-refractivity contribution in [1.29, 1.82) is 0 Å². The van der Waals surface area contributed by atoms with E-state index in [1.807, 2.05) is 0 Å². The Balaban J connectivity index is 1.17. The zero-order valence-corrected chi connectivity index (χ0v) is 69.5. The fourth-order valence-corrected chi connectivity index (χ4v) is 15.7. The molecule has 0 radical (unpaired) electrons. The minimum Gasteiger partial charge on any atom is -0.463 e. The third kappa shape index (κ3) is 37.2. The van der Waals surface area contributed by atoms with Crippen molar-refractivity contribution >= 4 is 71.6 Å². The standard InChI is InChI=1S/C88H134O28/c1-9-75(89)105-53-25-17-13-21-49-101-65-37-29-61(30-38-65)81(93)111-69-45-47-73(113-83(95)63-33-41-67(42-34-63)103-51-23-15-19-27-55-107-77(91)11-3)71(57-69)85(97)115-79(87(99)109-59(5)6)80(88(100)110-60(7)8)116-86(98)72-58-70(112-82(94)62-31-39-66(40-32-62)102-50-22-14-18-26-54-106-76(90)10-2)46-48-74(72)114-84(96)64-35-43-68(44-36-64)104-52-24-16-20-28-56-108-78(92)12-4/h9-12,59-74,79-80H,1-4,13-58H2,5-8H3/t61?,62?,63?,64?,65?,66?,67?,68?,69?,70?,71?,72?,73?,74?,79-,80-/m1/s1. The van der Waals surface area contributed by atoms with Gasteiger partial charge < -0.3 is 75.8 Å². The van der Waals surface area contributed by atoms with Crippen LogP contribution in [0.1, 0.15) is 272 Å². The van der Waals surface area contributed by atoms with E-state index in [0.29, 0.717) is 168 Å². The number of carbonyl (C=O) groups excluding carboxylic acids is 12. The molecule has 6 unspecified atom stereocenters. The van der Waals surface area contributed by atoms with Gasteiger partial charge in [-0.05, 0) is 233 Å². The van der Waals surface area contributed by atoms with E-state index < -0.39 is 156 Å². The first-order valence-electron chi connectivity index (χ1n) is 43.2. The molecule has 0 saturated heterocycles. The highest BCUT2D eigenvalue weighted by atomic mass is 16.7. The van der Waals surface area contributed by atoms with Crippen LogP contribution in [0, 0.1) is 35.5 Å². The highest BCUT2D eigenvalue weighted by Crippen LogP contribution is 2.39. The third-order valence-corrected chi connectivity index (χ3v) is 22.4.